The topological polar surface area (TPSA) is 75.6 Å². The molecule has 1 aromatic carbocycles. The van der Waals surface area contributed by atoms with Crippen LogP contribution in [0.2, 0.25) is 0 Å². The van der Waals surface area contributed by atoms with Crippen LogP contribution in [0.3, 0.4) is 0 Å². The van der Waals surface area contributed by atoms with E-state index in [0.717, 1.165) is 10.9 Å². The highest BCUT2D eigenvalue weighted by atomic mass is 32.1. The molecule has 0 spiro atoms. The van der Waals surface area contributed by atoms with E-state index in [-0.39, 0.29) is 28.7 Å². The first-order valence-corrected chi connectivity index (χ1v) is 8.81. The minimum absolute atomic E-state index is 0.0341. The lowest BCUT2D eigenvalue weighted by Crippen LogP contribution is -2.59. The molecule has 10 heteroatoms. The molecule has 0 saturated carbocycles. The Labute approximate surface area is 157 Å². The minimum Gasteiger partial charge on any atom is -0.371 e. The summed E-state index contributed by atoms with van der Waals surface area (Å²) in [5.74, 6) is -1.15. The highest BCUT2D eigenvalue weighted by Crippen LogP contribution is 2.34. The van der Waals surface area contributed by atoms with Crippen molar-refractivity contribution in [3.8, 4) is 0 Å². The van der Waals surface area contributed by atoms with Gasteiger partial charge in [0.25, 0.3) is 12.3 Å². The number of hydrogen-bond acceptors (Lipinski definition) is 5. The lowest BCUT2D eigenvalue weighted by molar-refractivity contribution is -0.0332. The average molecular weight is 398 g/mol. The van der Waals surface area contributed by atoms with Crippen LogP contribution in [0.25, 0.3) is 0 Å². The number of anilines is 1. The van der Waals surface area contributed by atoms with Gasteiger partial charge in [-0.3, -0.25) is 9.79 Å². The number of rotatable bonds is 4. The zero-order valence-corrected chi connectivity index (χ0v) is 15.4. The Balaban J connectivity index is 1.95. The second-order valence-electron chi connectivity index (χ2n) is 5.98. The number of thiazole rings is 1. The molecule has 1 aliphatic rings. The van der Waals surface area contributed by atoms with Gasteiger partial charge in [0.2, 0.25) is 0 Å². The number of carbonyl (C=O) groups is 1. The summed E-state index contributed by atoms with van der Waals surface area (Å²) in [6.07, 6.45) is -1.42. The zero-order chi connectivity index (χ0) is 19.6. The molecule has 1 atom stereocenters. The molecular formula is C17H17F3N4O2S. The van der Waals surface area contributed by atoms with Gasteiger partial charge < -0.3 is 15.4 Å². The molecule has 0 aliphatic carbocycles. The summed E-state index contributed by atoms with van der Waals surface area (Å²) in [7, 11) is 1.43. The van der Waals surface area contributed by atoms with E-state index in [9.17, 15) is 18.0 Å². The molecule has 2 aromatic rings. The van der Waals surface area contributed by atoms with Gasteiger partial charge in [-0.1, -0.05) is 0 Å². The van der Waals surface area contributed by atoms with Crippen molar-refractivity contribution in [2.75, 3.05) is 25.6 Å². The van der Waals surface area contributed by atoms with E-state index < -0.39 is 30.3 Å². The van der Waals surface area contributed by atoms with Crippen LogP contribution in [0.5, 0.6) is 0 Å². The quantitative estimate of drug-likeness (QED) is 0.830. The summed E-state index contributed by atoms with van der Waals surface area (Å²) in [6.45, 7) is 1.40. The van der Waals surface area contributed by atoms with Crippen molar-refractivity contribution in [3.63, 3.8) is 0 Å². The number of amidine groups is 1. The molecule has 1 fully saturated rings. The number of nitrogens with one attached hydrogen (secondary N) is 2. The Kier molecular flexibility index (Phi) is 5.47. The predicted molar refractivity (Wildman–Crippen MR) is 96.2 cm³/mol. The molecule has 1 saturated heterocycles. The second kappa shape index (κ2) is 7.65. The van der Waals surface area contributed by atoms with Crippen LogP contribution in [0.4, 0.5) is 18.9 Å². The number of morpholine rings is 1. The number of nitrogens with zero attached hydrogens (tertiary/aromatic N) is 2. The van der Waals surface area contributed by atoms with E-state index in [0.29, 0.717) is 0 Å². The molecular weight excluding hydrogens is 381 g/mol. The van der Waals surface area contributed by atoms with Gasteiger partial charge in [-0.2, -0.15) is 0 Å². The van der Waals surface area contributed by atoms with Crippen molar-refractivity contribution >= 4 is 28.8 Å². The Hall–Kier alpha value is -2.46. The fourth-order valence-corrected chi connectivity index (χ4v) is 3.39. The van der Waals surface area contributed by atoms with E-state index >= 15 is 0 Å². The van der Waals surface area contributed by atoms with Crippen LogP contribution in [0.1, 0.15) is 20.2 Å². The molecule has 3 rings (SSSR count). The fraction of sp³-hybridized carbons (Fsp3) is 0.353. The van der Waals surface area contributed by atoms with E-state index in [1.807, 2.05) is 0 Å². The molecule has 2 N–H and O–H groups in total. The smallest absolute Gasteiger partial charge is 0.284 e. The largest absolute Gasteiger partial charge is 0.371 e. The number of aliphatic imine (C=N–C) groups is 1. The van der Waals surface area contributed by atoms with Crippen molar-refractivity contribution in [1.82, 2.24) is 10.3 Å². The Bertz CT molecular complexity index is 887. The number of amides is 1. The SMILES string of the molecule is CN=C1COC[C@](c2cc(NC(=O)c3ncc(C)s3)ccc2F)(C(F)F)N1. The summed E-state index contributed by atoms with van der Waals surface area (Å²) in [6, 6.07) is 3.50. The lowest BCUT2D eigenvalue weighted by Gasteiger charge is -2.39. The summed E-state index contributed by atoms with van der Waals surface area (Å²) in [5, 5.41) is 5.38. The van der Waals surface area contributed by atoms with E-state index in [4.69, 9.17) is 4.74 Å². The highest BCUT2D eigenvalue weighted by Gasteiger charge is 2.47. The van der Waals surface area contributed by atoms with E-state index in [2.05, 4.69) is 20.6 Å². The van der Waals surface area contributed by atoms with Gasteiger partial charge in [0.15, 0.2) is 10.5 Å². The first-order valence-electron chi connectivity index (χ1n) is 7.99. The number of alkyl halides is 2. The van der Waals surface area contributed by atoms with Crippen molar-refractivity contribution in [2.45, 2.75) is 18.9 Å². The van der Waals surface area contributed by atoms with Gasteiger partial charge in [0, 0.05) is 29.4 Å². The normalized spacial score (nSPS) is 21.3. The van der Waals surface area contributed by atoms with Crippen LogP contribution in [0.15, 0.2) is 29.4 Å². The third-order valence-corrected chi connectivity index (χ3v) is 5.01. The number of ether oxygens (including phenoxy) is 1. The molecule has 1 aromatic heterocycles. The van der Waals surface area contributed by atoms with Gasteiger partial charge in [-0.25, -0.2) is 18.2 Å². The zero-order valence-electron chi connectivity index (χ0n) is 14.6. The van der Waals surface area contributed by atoms with Crippen molar-refractivity contribution < 1.29 is 22.7 Å². The third-order valence-electron chi connectivity index (χ3n) is 4.10. The number of aryl methyl sites for hydroxylation is 1. The van der Waals surface area contributed by atoms with E-state index in [1.165, 1.54) is 30.5 Å². The van der Waals surface area contributed by atoms with Crippen LogP contribution < -0.4 is 10.6 Å². The summed E-state index contributed by atoms with van der Waals surface area (Å²) >= 11 is 1.19. The summed E-state index contributed by atoms with van der Waals surface area (Å²) < 4.78 is 47.6. The lowest BCUT2D eigenvalue weighted by atomic mass is 9.89. The van der Waals surface area contributed by atoms with Crippen molar-refractivity contribution in [1.29, 1.82) is 0 Å². The molecule has 0 radical (unpaired) electrons. The Morgan fingerprint density at radius 1 is 1.48 bits per heavy atom. The maximum absolute atomic E-state index is 14.5. The number of aromatic nitrogens is 1. The third kappa shape index (κ3) is 3.81. The predicted octanol–water partition coefficient (Wildman–Crippen LogP) is 2.95. The first-order chi connectivity index (χ1) is 12.9. The number of halogens is 3. The van der Waals surface area contributed by atoms with Crippen LogP contribution in [0, 0.1) is 12.7 Å². The highest BCUT2D eigenvalue weighted by molar-refractivity contribution is 7.13. The molecule has 144 valence electrons. The minimum atomic E-state index is -2.98. The van der Waals surface area contributed by atoms with Gasteiger partial charge in [0.1, 0.15) is 18.3 Å². The van der Waals surface area contributed by atoms with Gasteiger partial charge >= 0.3 is 0 Å². The van der Waals surface area contributed by atoms with E-state index in [1.54, 1.807) is 13.1 Å². The van der Waals surface area contributed by atoms with Crippen molar-refractivity contribution in [3.05, 3.63) is 45.7 Å². The Morgan fingerprint density at radius 2 is 2.26 bits per heavy atom. The maximum atomic E-state index is 14.5. The molecule has 1 amide bonds. The molecule has 1 aliphatic heterocycles. The van der Waals surface area contributed by atoms with Crippen LogP contribution in [-0.2, 0) is 10.3 Å². The fourth-order valence-electron chi connectivity index (χ4n) is 2.73. The molecule has 0 unspecified atom stereocenters. The second-order valence-corrected chi connectivity index (χ2v) is 7.22. The molecule has 27 heavy (non-hydrogen) atoms. The average Bonchev–Trinajstić information content (AvgIpc) is 3.09. The standard InChI is InChI=1S/C17H17F3N4O2S/c1-9-6-22-15(27-9)14(25)23-10-3-4-12(18)11(5-10)17(16(19)20)8-26-7-13(21-2)24-17/h3-6,16H,7-8H2,1-2H3,(H,21,24)(H,23,25)/t17-/m0/s1. The first kappa shape index (κ1) is 19.3. The number of benzene rings is 1. The number of hydrogen-bond donors (Lipinski definition) is 2. The monoisotopic (exact) mass is 398 g/mol. The van der Waals surface area contributed by atoms with Crippen LogP contribution >= 0.6 is 11.3 Å². The summed E-state index contributed by atoms with van der Waals surface area (Å²) in [4.78, 5) is 20.9. The summed E-state index contributed by atoms with van der Waals surface area (Å²) in [5.41, 5.74) is -2.24. The Morgan fingerprint density at radius 3 is 2.89 bits per heavy atom. The molecule has 6 nitrogen and oxygen atoms in total. The van der Waals surface area contributed by atoms with Gasteiger partial charge in [-0.05, 0) is 25.1 Å². The van der Waals surface area contributed by atoms with Crippen molar-refractivity contribution in [2.24, 2.45) is 4.99 Å². The molecule has 2 heterocycles. The van der Waals surface area contributed by atoms with Gasteiger partial charge in [-0.15, -0.1) is 11.3 Å². The molecule has 0 bridgehead atoms. The maximum Gasteiger partial charge on any atom is 0.284 e. The van der Waals surface area contributed by atoms with Crippen LogP contribution in [-0.4, -0.2) is 43.4 Å². The number of carbonyl (C=O) groups excluding carboxylic acids is 1. The van der Waals surface area contributed by atoms with Gasteiger partial charge in [0.05, 0.1) is 6.61 Å².